The molecule has 0 amide bonds. The topological polar surface area (TPSA) is 24.9 Å². The van der Waals surface area contributed by atoms with Gasteiger partial charge >= 0.3 is 0 Å². The SMILES string of the molecule is CCCCC(Cc1nccs1)NC(C)C. The normalized spacial score (nSPS) is 13.3. The zero-order valence-corrected chi connectivity index (χ0v) is 10.8. The van der Waals surface area contributed by atoms with Gasteiger partial charge in [0.1, 0.15) is 0 Å². The molecule has 0 aliphatic heterocycles. The molecule has 0 aliphatic carbocycles. The van der Waals surface area contributed by atoms with Crippen molar-refractivity contribution in [2.24, 2.45) is 0 Å². The Hall–Kier alpha value is -0.410. The third kappa shape index (κ3) is 5.28. The number of rotatable bonds is 7. The van der Waals surface area contributed by atoms with Gasteiger partial charge < -0.3 is 5.32 Å². The summed E-state index contributed by atoms with van der Waals surface area (Å²) in [5, 5.41) is 6.93. The van der Waals surface area contributed by atoms with Crippen LogP contribution in [0.2, 0.25) is 0 Å². The van der Waals surface area contributed by atoms with E-state index in [1.54, 1.807) is 11.3 Å². The Morgan fingerprint density at radius 1 is 1.47 bits per heavy atom. The van der Waals surface area contributed by atoms with Gasteiger partial charge in [0, 0.05) is 30.1 Å². The second kappa shape index (κ2) is 6.96. The van der Waals surface area contributed by atoms with E-state index < -0.39 is 0 Å². The standard InChI is InChI=1S/C12H22N2S/c1-4-5-6-11(14-10(2)3)9-12-13-7-8-15-12/h7-8,10-11,14H,4-6,9H2,1-3H3. The van der Waals surface area contributed by atoms with E-state index in [2.05, 4.69) is 36.5 Å². The van der Waals surface area contributed by atoms with Crippen LogP contribution in [-0.2, 0) is 6.42 Å². The second-order valence-electron chi connectivity index (χ2n) is 4.29. The largest absolute Gasteiger partial charge is 0.311 e. The highest BCUT2D eigenvalue weighted by atomic mass is 32.1. The van der Waals surface area contributed by atoms with Crippen LogP contribution in [-0.4, -0.2) is 17.1 Å². The molecular formula is C12H22N2S. The van der Waals surface area contributed by atoms with E-state index in [1.165, 1.54) is 24.3 Å². The van der Waals surface area contributed by atoms with Crippen molar-refractivity contribution in [2.45, 2.75) is 58.5 Å². The maximum absolute atomic E-state index is 4.35. The highest BCUT2D eigenvalue weighted by Crippen LogP contribution is 2.11. The Morgan fingerprint density at radius 2 is 2.27 bits per heavy atom. The second-order valence-corrected chi connectivity index (χ2v) is 5.27. The maximum atomic E-state index is 4.35. The summed E-state index contributed by atoms with van der Waals surface area (Å²) in [7, 11) is 0. The molecule has 1 atom stereocenters. The maximum Gasteiger partial charge on any atom is 0.0940 e. The van der Waals surface area contributed by atoms with Crippen LogP contribution in [0, 0.1) is 0 Å². The van der Waals surface area contributed by atoms with Crippen LogP contribution in [0.25, 0.3) is 0 Å². The van der Waals surface area contributed by atoms with Gasteiger partial charge in [-0.15, -0.1) is 11.3 Å². The van der Waals surface area contributed by atoms with Crippen LogP contribution in [0.4, 0.5) is 0 Å². The molecule has 1 rings (SSSR count). The molecule has 0 radical (unpaired) electrons. The first-order valence-corrected chi connectivity index (χ1v) is 6.74. The number of hydrogen-bond acceptors (Lipinski definition) is 3. The minimum absolute atomic E-state index is 0.562. The minimum Gasteiger partial charge on any atom is -0.311 e. The Balaban J connectivity index is 2.41. The summed E-state index contributed by atoms with van der Waals surface area (Å²) in [4.78, 5) is 4.35. The van der Waals surface area contributed by atoms with E-state index in [0.29, 0.717) is 12.1 Å². The average Bonchev–Trinajstić information content (AvgIpc) is 2.66. The number of hydrogen-bond donors (Lipinski definition) is 1. The smallest absolute Gasteiger partial charge is 0.0940 e. The minimum atomic E-state index is 0.562. The van der Waals surface area contributed by atoms with Gasteiger partial charge in [0.25, 0.3) is 0 Å². The van der Waals surface area contributed by atoms with Gasteiger partial charge in [-0.1, -0.05) is 33.6 Å². The van der Waals surface area contributed by atoms with Crippen molar-refractivity contribution in [1.29, 1.82) is 0 Å². The van der Waals surface area contributed by atoms with Gasteiger partial charge in [-0.05, 0) is 6.42 Å². The first kappa shape index (κ1) is 12.7. The fourth-order valence-corrected chi connectivity index (χ4v) is 2.43. The van der Waals surface area contributed by atoms with E-state index in [-0.39, 0.29) is 0 Å². The van der Waals surface area contributed by atoms with Crippen molar-refractivity contribution < 1.29 is 0 Å². The summed E-state index contributed by atoms with van der Waals surface area (Å²) in [6, 6.07) is 1.16. The monoisotopic (exact) mass is 226 g/mol. The third-order valence-corrected chi connectivity index (χ3v) is 3.18. The van der Waals surface area contributed by atoms with E-state index in [1.807, 2.05) is 6.20 Å². The van der Waals surface area contributed by atoms with Crippen molar-refractivity contribution in [3.8, 4) is 0 Å². The number of unbranched alkanes of at least 4 members (excludes halogenated alkanes) is 1. The summed E-state index contributed by atoms with van der Waals surface area (Å²) in [6.45, 7) is 6.66. The average molecular weight is 226 g/mol. The van der Waals surface area contributed by atoms with Gasteiger partial charge in [-0.2, -0.15) is 0 Å². The third-order valence-electron chi connectivity index (χ3n) is 2.38. The van der Waals surface area contributed by atoms with E-state index in [0.717, 1.165) is 6.42 Å². The quantitative estimate of drug-likeness (QED) is 0.772. The number of nitrogens with one attached hydrogen (secondary N) is 1. The molecule has 3 heteroatoms. The molecule has 1 unspecified atom stereocenters. The molecule has 0 aromatic carbocycles. The van der Waals surface area contributed by atoms with Crippen molar-refractivity contribution >= 4 is 11.3 Å². The first-order valence-electron chi connectivity index (χ1n) is 5.86. The molecule has 1 heterocycles. The van der Waals surface area contributed by atoms with E-state index in [9.17, 15) is 0 Å². The number of nitrogens with zero attached hydrogens (tertiary/aromatic N) is 1. The summed E-state index contributed by atoms with van der Waals surface area (Å²) in [6.07, 6.45) is 6.81. The summed E-state index contributed by atoms with van der Waals surface area (Å²) in [5.41, 5.74) is 0. The molecule has 0 bridgehead atoms. The van der Waals surface area contributed by atoms with Gasteiger partial charge in [0.2, 0.25) is 0 Å². The van der Waals surface area contributed by atoms with Gasteiger partial charge in [-0.3, -0.25) is 0 Å². The molecule has 0 aliphatic rings. The highest BCUT2D eigenvalue weighted by Gasteiger charge is 2.11. The fraction of sp³-hybridized carbons (Fsp3) is 0.750. The molecule has 15 heavy (non-hydrogen) atoms. The Labute approximate surface area is 97.1 Å². The molecule has 0 fully saturated rings. The predicted octanol–water partition coefficient (Wildman–Crippen LogP) is 3.24. The van der Waals surface area contributed by atoms with Crippen LogP contribution in [0.1, 0.15) is 45.0 Å². The molecule has 1 N–H and O–H groups in total. The van der Waals surface area contributed by atoms with Gasteiger partial charge in [0.05, 0.1) is 5.01 Å². The zero-order valence-electron chi connectivity index (χ0n) is 9.99. The van der Waals surface area contributed by atoms with Crippen LogP contribution in [0.5, 0.6) is 0 Å². The number of aromatic nitrogens is 1. The van der Waals surface area contributed by atoms with Gasteiger partial charge in [0.15, 0.2) is 0 Å². The molecule has 1 aromatic rings. The van der Waals surface area contributed by atoms with Crippen molar-refractivity contribution in [1.82, 2.24) is 10.3 Å². The highest BCUT2D eigenvalue weighted by molar-refractivity contribution is 7.09. The van der Waals surface area contributed by atoms with Crippen LogP contribution in [0.15, 0.2) is 11.6 Å². The Morgan fingerprint density at radius 3 is 2.80 bits per heavy atom. The van der Waals surface area contributed by atoms with Crippen molar-refractivity contribution in [3.63, 3.8) is 0 Å². The molecule has 1 aromatic heterocycles. The van der Waals surface area contributed by atoms with Crippen LogP contribution < -0.4 is 5.32 Å². The van der Waals surface area contributed by atoms with Crippen molar-refractivity contribution in [3.05, 3.63) is 16.6 Å². The summed E-state index contributed by atoms with van der Waals surface area (Å²) < 4.78 is 0. The molecule has 86 valence electrons. The van der Waals surface area contributed by atoms with Crippen LogP contribution in [0.3, 0.4) is 0 Å². The lowest BCUT2D eigenvalue weighted by Gasteiger charge is -2.20. The number of thiazole rings is 1. The van der Waals surface area contributed by atoms with Crippen LogP contribution >= 0.6 is 11.3 Å². The lowest BCUT2D eigenvalue weighted by Crippen LogP contribution is -2.36. The lowest BCUT2D eigenvalue weighted by atomic mass is 10.1. The molecule has 0 spiro atoms. The lowest BCUT2D eigenvalue weighted by molar-refractivity contribution is 0.424. The molecular weight excluding hydrogens is 204 g/mol. The van der Waals surface area contributed by atoms with E-state index >= 15 is 0 Å². The zero-order chi connectivity index (χ0) is 11.1. The predicted molar refractivity (Wildman–Crippen MR) is 67.4 cm³/mol. The fourth-order valence-electron chi connectivity index (χ4n) is 1.73. The van der Waals surface area contributed by atoms with E-state index in [4.69, 9.17) is 0 Å². The summed E-state index contributed by atoms with van der Waals surface area (Å²) >= 11 is 1.76. The molecule has 0 saturated heterocycles. The summed E-state index contributed by atoms with van der Waals surface area (Å²) in [5.74, 6) is 0. The molecule has 0 saturated carbocycles. The van der Waals surface area contributed by atoms with Crippen molar-refractivity contribution in [2.75, 3.05) is 0 Å². The Bertz CT molecular complexity index is 244. The Kier molecular flexibility index (Phi) is 5.88. The molecule has 2 nitrogen and oxygen atoms in total. The first-order chi connectivity index (χ1) is 7.22. The van der Waals surface area contributed by atoms with Gasteiger partial charge in [-0.25, -0.2) is 4.98 Å².